The van der Waals surface area contributed by atoms with Crippen molar-refractivity contribution < 1.29 is 14.3 Å². The van der Waals surface area contributed by atoms with Crippen LogP contribution in [0.25, 0.3) is 0 Å². The van der Waals surface area contributed by atoms with Crippen molar-refractivity contribution in [3.05, 3.63) is 0 Å². The standard InChI is InChI=1S/C6H10N2O3/c1-3-11-6(10)5(9)4(2)8-7/h3,7H2,1-2H3/b8-4+. The Labute approximate surface area is 64.2 Å². The molecule has 5 nitrogen and oxygen atoms in total. The number of nitrogens with two attached hydrogens (primary N) is 1. The molecule has 0 aliphatic carbocycles. The van der Waals surface area contributed by atoms with Crippen molar-refractivity contribution in [1.29, 1.82) is 0 Å². The molecule has 62 valence electrons. The number of nitrogens with zero attached hydrogens (tertiary/aromatic N) is 1. The number of esters is 1. The number of hydrogen-bond donors (Lipinski definition) is 1. The SMILES string of the molecule is CCOC(=O)C(=O)/C(C)=N/N. The summed E-state index contributed by atoms with van der Waals surface area (Å²) in [5, 5.41) is 3.06. The Hall–Kier alpha value is -1.39. The fraction of sp³-hybridized carbons (Fsp3) is 0.500. The van der Waals surface area contributed by atoms with Gasteiger partial charge >= 0.3 is 5.97 Å². The molecule has 0 aromatic heterocycles. The monoisotopic (exact) mass is 158 g/mol. The van der Waals surface area contributed by atoms with E-state index in [0.29, 0.717) is 0 Å². The first kappa shape index (κ1) is 9.61. The van der Waals surface area contributed by atoms with E-state index in [0.717, 1.165) is 0 Å². The molecule has 0 fully saturated rings. The van der Waals surface area contributed by atoms with E-state index in [-0.39, 0.29) is 12.3 Å². The highest BCUT2D eigenvalue weighted by molar-refractivity contribution is 6.63. The van der Waals surface area contributed by atoms with E-state index in [1.54, 1.807) is 6.92 Å². The smallest absolute Gasteiger partial charge is 0.381 e. The maximum atomic E-state index is 10.8. The van der Waals surface area contributed by atoms with Crippen LogP contribution in [0.3, 0.4) is 0 Å². The molecule has 0 aromatic carbocycles. The van der Waals surface area contributed by atoms with E-state index in [1.807, 2.05) is 0 Å². The quantitative estimate of drug-likeness (QED) is 0.196. The average Bonchev–Trinajstić information content (AvgIpc) is 2.02. The molecule has 11 heavy (non-hydrogen) atoms. The third kappa shape index (κ3) is 2.79. The second-order valence-electron chi connectivity index (χ2n) is 1.76. The lowest BCUT2D eigenvalue weighted by Crippen LogP contribution is -2.24. The van der Waals surface area contributed by atoms with Gasteiger partial charge in [0.25, 0.3) is 5.78 Å². The minimum absolute atomic E-state index is 0.0524. The van der Waals surface area contributed by atoms with Crippen molar-refractivity contribution in [3.8, 4) is 0 Å². The summed E-state index contributed by atoms with van der Waals surface area (Å²) in [5.74, 6) is 3.05. The lowest BCUT2D eigenvalue weighted by Gasteiger charge is -1.97. The van der Waals surface area contributed by atoms with Crippen LogP contribution < -0.4 is 5.84 Å². The van der Waals surface area contributed by atoms with Gasteiger partial charge in [-0.1, -0.05) is 0 Å². The maximum absolute atomic E-state index is 10.8. The number of ketones is 1. The van der Waals surface area contributed by atoms with E-state index < -0.39 is 11.8 Å². The van der Waals surface area contributed by atoms with Gasteiger partial charge in [0.15, 0.2) is 0 Å². The molecule has 0 radical (unpaired) electrons. The molecule has 0 rings (SSSR count). The second kappa shape index (κ2) is 4.43. The summed E-state index contributed by atoms with van der Waals surface area (Å²) < 4.78 is 4.40. The first-order valence-corrected chi connectivity index (χ1v) is 3.09. The molecular formula is C6H10N2O3. The van der Waals surface area contributed by atoms with Crippen molar-refractivity contribution >= 4 is 17.5 Å². The van der Waals surface area contributed by atoms with E-state index >= 15 is 0 Å². The molecule has 0 aliphatic heterocycles. The van der Waals surface area contributed by atoms with Crippen molar-refractivity contribution in [2.24, 2.45) is 10.9 Å². The number of carbonyl (C=O) groups excluding carboxylic acids is 2. The van der Waals surface area contributed by atoms with Gasteiger partial charge in [0.05, 0.1) is 6.61 Å². The van der Waals surface area contributed by atoms with Gasteiger partial charge in [0.2, 0.25) is 0 Å². The van der Waals surface area contributed by atoms with Crippen LogP contribution >= 0.6 is 0 Å². The first-order chi connectivity index (χ1) is 5.13. The summed E-state index contributed by atoms with van der Waals surface area (Å²) in [4.78, 5) is 21.4. The molecular weight excluding hydrogens is 148 g/mol. The Morgan fingerprint density at radius 3 is 2.45 bits per heavy atom. The zero-order valence-electron chi connectivity index (χ0n) is 6.46. The zero-order chi connectivity index (χ0) is 8.85. The largest absolute Gasteiger partial charge is 0.460 e. The van der Waals surface area contributed by atoms with Crippen LogP contribution in [0.2, 0.25) is 0 Å². The molecule has 2 N–H and O–H groups in total. The minimum Gasteiger partial charge on any atom is -0.460 e. The normalized spacial score (nSPS) is 10.9. The molecule has 0 amide bonds. The Morgan fingerprint density at radius 1 is 1.55 bits per heavy atom. The van der Waals surface area contributed by atoms with Gasteiger partial charge in [-0.15, -0.1) is 0 Å². The van der Waals surface area contributed by atoms with Crippen molar-refractivity contribution in [2.45, 2.75) is 13.8 Å². The van der Waals surface area contributed by atoms with E-state index in [9.17, 15) is 9.59 Å². The third-order valence-electron chi connectivity index (χ3n) is 0.983. The van der Waals surface area contributed by atoms with Gasteiger partial charge < -0.3 is 10.6 Å². The zero-order valence-corrected chi connectivity index (χ0v) is 6.46. The highest BCUT2D eigenvalue weighted by Gasteiger charge is 2.17. The summed E-state index contributed by atoms with van der Waals surface area (Å²) in [6, 6.07) is 0. The van der Waals surface area contributed by atoms with Gasteiger partial charge in [-0.2, -0.15) is 5.10 Å². The highest BCUT2D eigenvalue weighted by Crippen LogP contribution is 1.84. The van der Waals surface area contributed by atoms with E-state index in [1.165, 1.54) is 6.92 Å². The van der Waals surface area contributed by atoms with Crippen molar-refractivity contribution in [3.63, 3.8) is 0 Å². The second-order valence-corrected chi connectivity index (χ2v) is 1.76. The van der Waals surface area contributed by atoms with Crippen LogP contribution in [-0.2, 0) is 14.3 Å². The number of Topliss-reactive ketones (excluding diaryl/α,β-unsaturated/α-hetero) is 1. The van der Waals surface area contributed by atoms with Gasteiger partial charge in [0.1, 0.15) is 5.71 Å². The molecule has 0 heterocycles. The Kier molecular flexibility index (Phi) is 3.87. The highest BCUT2D eigenvalue weighted by atomic mass is 16.5. The number of rotatable bonds is 3. The van der Waals surface area contributed by atoms with Crippen LogP contribution in [-0.4, -0.2) is 24.1 Å². The van der Waals surface area contributed by atoms with Crippen LogP contribution in [0.1, 0.15) is 13.8 Å². The van der Waals surface area contributed by atoms with Crippen molar-refractivity contribution in [2.75, 3.05) is 6.61 Å². The molecule has 0 atom stereocenters. The van der Waals surface area contributed by atoms with Crippen LogP contribution in [0.5, 0.6) is 0 Å². The number of carbonyl (C=O) groups is 2. The predicted molar refractivity (Wildman–Crippen MR) is 38.9 cm³/mol. The summed E-state index contributed by atoms with van der Waals surface area (Å²) in [6.45, 7) is 3.13. The summed E-state index contributed by atoms with van der Waals surface area (Å²) >= 11 is 0. The van der Waals surface area contributed by atoms with Crippen LogP contribution in [0.4, 0.5) is 0 Å². The molecule has 0 spiro atoms. The first-order valence-electron chi connectivity index (χ1n) is 3.09. The molecule has 0 bridgehead atoms. The Bertz CT molecular complexity index is 198. The molecule has 0 aromatic rings. The van der Waals surface area contributed by atoms with Gasteiger partial charge in [-0.25, -0.2) is 4.79 Å². The molecule has 0 saturated heterocycles. The molecule has 0 unspecified atom stereocenters. The van der Waals surface area contributed by atoms with Gasteiger partial charge in [-0.3, -0.25) is 4.79 Å². The Morgan fingerprint density at radius 2 is 2.09 bits per heavy atom. The van der Waals surface area contributed by atoms with E-state index in [2.05, 4.69) is 9.84 Å². The minimum atomic E-state index is -0.917. The average molecular weight is 158 g/mol. The predicted octanol–water partition coefficient (Wildman–Crippen LogP) is -0.547. The van der Waals surface area contributed by atoms with Crippen molar-refractivity contribution in [1.82, 2.24) is 0 Å². The maximum Gasteiger partial charge on any atom is 0.381 e. The van der Waals surface area contributed by atoms with Crippen LogP contribution in [0, 0.1) is 0 Å². The topological polar surface area (TPSA) is 81.8 Å². The molecule has 5 heteroatoms. The number of hydrazone groups is 1. The number of ether oxygens (including phenoxy) is 1. The summed E-state index contributed by atoms with van der Waals surface area (Å²) in [5.41, 5.74) is -0.0524. The van der Waals surface area contributed by atoms with E-state index in [4.69, 9.17) is 5.84 Å². The Balaban J connectivity index is 4.15. The fourth-order valence-corrected chi connectivity index (χ4v) is 0.403. The van der Waals surface area contributed by atoms with Crippen LogP contribution in [0.15, 0.2) is 5.10 Å². The van der Waals surface area contributed by atoms with Gasteiger partial charge in [0, 0.05) is 0 Å². The molecule has 0 saturated carbocycles. The third-order valence-corrected chi connectivity index (χ3v) is 0.983. The fourth-order valence-electron chi connectivity index (χ4n) is 0.403. The molecule has 0 aliphatic rings. The number of hydrogen-bond acceptors (Lipinski definition) is 5. The lowest BCUT2D eigenvalue weighted by molar-refractivity contribution is -0.150. The lowest BCUT2D eigenvalue weighted by atomic mass is 10.3. The van der Waals surface area contributed by atoms with Gasteiger partial charge in [-0.05, 0) is 13.8 Å². The summed E-state index contributed by atoms with van der Waals surface area (Å²) in [6.07, 6.45) is 0. The summed E-state index contributed by atoms with van der Waals surface area (Å²) in [7, 11) is 0.